The highest BCUT2D eigenvalue weighted by molar-refractivity contribution is 5.09. The molecule has 0 unspecified atom stereocenters. The van der Waals surface area contributed by atoms with Crippen molar-refractivity contribution in [2.45, 2.75) is 33.6 Å². The smallest absolute Gasteiger partial charge is 0.0908 e. The molecule has 0 N–H and O–H groups in total. The van der Waals surface area contributed by atoms with Crippen LogP contribution in [0.25, 0.3) is 0 Å². The van der Waals surface area contributed by atoms with Crippen LogP contribution in [-0.4, -0.2) is 0 Å². The summed E-state index contributed by atoms with van der Waals surface area (Å²) in [5.74, 6) is 1.39. The van der Waals surface area contributed by atoms with Crippen LogP contribution in [0.15, 0.2) is 12.2 Å². The van der Waals surface area contributed by atoms with Gasteiger partial charge in [-0.15, -0.1) is 0 Å². The average Bonchev–Trinajstić information content (AvgIpc) is 2.25. The summed E-state index contributed by atoms with van der Waals surface area (Å²) in [6, 6.07) is 2.07. The van der Waals surface area contributed by atoms with E-state index >= 15 is 0 Å². The fraction of sp³-hybridized carbons (Fsp3) is 0.727. The number of hydrogen-bond acceptors (Lipinski definition) is 1. The van der Waals surface area contributed by atoms with Gasteiger partial charge in [0.2, 0.25) is 0 Å². The van der Waals surface area contributed by atoms with Gasteiger partial charge < -0.3 is 0 Å². The highest BCUT2D eigenvalue weighted by Gasteiger charge is 2.38. The lowest BCUT2D eigenvalue weighted by atomic mass is 9.76. The van der Waals surface area contributed by atoms with Gasteiger partial charge in [-0.05, 0) is 30.1 Å². The molecule has 0 radical (unpaired) electrons. The van der Waals surface area contributed by atoms with Gasteiger partial charge >= 0.3 is 0 Å². The normalized spacial score (nSPS) is 33.8. The zero-order valence-corrected chi connectivity index (χ0v) is 8.17. The molecule has 0 spiro atoms. The molecule has 1 aliphatic rings. The Balaban J connectivity index is 2.70. The molecule has 1 rings (SSSR count). The van der Waals surface area contributed by atoms with Crippen molar-refractivity contribution in [3.05, 3.63) is 12.2 Å². The van der Waals surface area contributed by atoms with Crippen molar-refractivity contribution in [3.8, 4) is 6.07 Å². The van der Waals surface area contributed by atoms with Gasteiger partial charge in [-0.3, -0.25) is 0 Å². The second-order valence-corrected chi connectivity index (χ2v) is 4.39. The molecule has 1 saturated carbocycles. The Morgan fingerprint density at radius 3 is 2.50 bits per heavy atom. The van der Waals surface area contributed by atoms with Gasteiger partial charge in [0.15, 0.2) is 0 Å². The highest BCUT2D eigenvalue weighted by atomic mass is 14.4. The van der Waals surface area contributed by atoms with E-state index in [1.807, 2.05) is 0 Å². The maximum atomic E-state index is 8.43. The topological polar surface area (TPSA) is 23.8 Å². The van der Waals surface area contributed by atoms with E-state index in [1.165, 1.54) is 12.8 Å². The highest BCUT2D eigenvalue weighted by Crippen LogP contribution is 2.47. The van der Waals surface area contributed by atoms with Crippen LogP contribution in [0.1, 0.15) is 33.6 Å². The number of nitrogens with zero attached hydrogens (tertiary/aromatic N) is 1. The molecule has 1 aliphatic carbocycles. The zero-order chi connectivity index (χ0) is 9.19. The van der Waals surface area contributed by atoms with Gasteiger partial charge in [-0.2, -0.15) is 5.26 Å². The lowest BCUT2D eigenvalue weighted by Crippen LogP contribution is -2.21. The van der Waals surface area contributed by atoms with E-state index in [0.29, 0.717) is 11.3 Å². The van der Waals surface area contributed by atoms with Crippen molar-refractivity contribution < 1.29 is 0 Å². The van der Waals surface area contributed by atoms with E-state index in [-0.39, 0.29) is 0 Å². The van der Waals surface area contributed by atoms with Crippen molar-refractivity contribution in [2.24, 2.45) is 17.3 Å². The van der Waals surface area contributed by atoms with Crippen molar-refractivity contribution in [2.75, 3.05) is 0 Å². The Labute approximate surface area is 75.1 Å². The summed E-state index contributed by atoms with van der Waals surface area (Å²) >= 11 is 0. The summed E-state index contributed by atoms with van der Waals surface area (Å²) in [6.45, 7) is 6.91. The number of hydrogen-bond donors (Lipinski definition) is 0. The molecule has 0 amide bonds. The van der Waals surface area contributed by atoms with Gasteiger partial charge in [0.25, 0.3) is 0 Å². The van der Waals surface area contributed by atoms with Gasteiger partial charge in [0, 0.05) is 6.08 Å². The molecule has 66 valence electrons. The Hall–Kier alpha value is -0.770. The van der Waals surface area contributed by atoms with E-state index < -0.39 is 0 Å². The number of rotatable bonds is 1. The Morgan fingerprint density at radius 1 is 1.42 bits per heavy atom. The maximum absolute atomic E-state index is 8.43. The van der Waals surface area contributed by atoms with Crippen molar-refractivity contribution >= 4 is 0 Å². The third-order valence-electron chi connectivity index (χ3n) is 3.54. The first kappa shape index (κ1) is 9.32. The first-order valence-corrected chi connectivity index (χ1v) is 4.65. The predicted octanol–water partition coefficient (Wildman–Crippen LogP) is 3.14. The van der Waals surface area contributed by atoms with Crippen LogP contribution >= 0.6 is 0 Å². The second kappa shape index (κ2) is 3.31. The SMILES string of the molecule is C[C@@H]1CC[C@H](/C=C/C#N)C1(C)C. The van der Waals surface area contributed by atoms with Crippen LogP contribution in [0.5, 0.6) is 0 Å². The van der Waals surface area contributed by atoms with Gasteiger partial charge in [0.1, 0.15) is 0 Å². The van der Waals surface area contributed by atoms with Crippen molar-refractivity contribution in [3.63, 3.8) is 0 Å². The quantitative estimate of drug-likeness (QED) is 0.545. The first-order chi connectivity index (χ1) is 5.59. The third kappa shape index (κ3) is 1.53. The zero-order valence-electron chi connectivity index (χ0n) is 8.17. The number of allylic oxidation sites excluding steroid dienone is 2. The third-order valence-corrected chi connectivity index (χ3v) is 3.54. The standard InChI is InChI=1S/C11H17N/c1-9-6-7-10(5-4-8-12)11(9,2)3/h4-5,9-10H,6-7H2,1-3H3/b5-4+/t9-,10+/m1/s1. The summed E-state index contributed by atoms with van der Waals surface area (Å²) < 4.78 is 0. The molecule has 12 heavy (non-hydrogen) atoms. The summed E-state index contributed by atoms with van der Waals surface area (Å²) in [7, 11) is 0. The molecule has 2 atom stereocenters. The first-order valence-electron chi connectivity index (χ1n) is 4.65. The summed E-state index contributed by atoms with van der Waals surface area (Å²) in [4.78, 5) is 0. The van der Waals surface area contributed by atoms with Crippen molar-refractivity contribution in [1.82, 2.24) is 0 Å². The van der Waals surface area contributed by atoms with Crippen molar-refractivity contribution in [1.29, 1.82) is 5.26 Å². The Bertz CT molecular complexity index is 220. The van der Waals surface area contributed by atoms with E-state index in [2.05, 4.69) is 32.9 Å². The Kier molecular flexibility index (Phi) is 2.57. The lowest BCUT2D eigenvalue weighted by molar-refractivity contribution is 0.232. The lowest BCUT2D eigenvalue weighted by Gasteiger charge is -2.29. The summed E-state index contributed by atoms with van der Waals surface area (Å²) in [5.41, 5.74) is 0.382. The van der Waals surface area contributed by atoms with E-state index in [1.54, 1.807) is 6.08 Å². The summed E-state index contributed by atoms with van der Waals surface area (Å²) in [6.07, 6.45) is 6.24. The molecule has 0 heterocycles. The molecular formula is C11H17N. The number of nitriles is 1. The van der Waals surface area contributed by atoms with Crippen LogP contribution in [0.3, 0.4) is 0 Å². The Morgan fingerprint density at radius 2 is 2.08 bits per heavy atom. The van der Waals surface area contributed by atoms with E-state index in [4.69, 9.17) is 5.26 Å². The monoisotopic (exact) mass is 163 g/mol. The molecule has 1 nitrogen and oxygen atoms in total. The van der Waals surface area contributed by atoms with E-state index in [0.717, 1.165) is 5.92 Å². The van der Waals surface area contributed by atoms with Crippen LogP contribution in [0, 0.1) is 28.6 Å². The molecule has 0 aromatic rings. The van der Waals surface area contributed by atoms with Gasteiger partial charge in [-0.1, -0.05) is 26.8 Å². The second-order valence-electron chi connectivity index (χ2n) is 4.39. The molecule has 0 aromatic heterocycles. The largest absolute Gasteiger partial charge is 0.193 e. The molecule has 0 aromatic carbocycles. The molecule has 1 fully saturated rings. The average molecular weight is 163 g/mol. The minimum Gasteiger partial charge on any atom is -0.193 e. The van der Waals surface area contributed by atoms with Gasteiger partial charge in [-0.25, -0.2) is 0 Å². The van der Waals surface area contributed by atoms with Gasteiger partial charge in [0.05, 0.1) is 6.07 Å². The predicted molar refractivity (Wildman–Crippen MR) is 50.4 cm³/mol. The molecule has 1 heteroatoms. The van der Waals surface area contributed by atoms with Crippen LogP contribution < -0.4 is 0 Å². The fourth-order valence-electron chi connectivity index (χ4n) is 2.04. The fourth-order valence-corrected chi connectivity index (χ4v) is 2.04. The maximum Gasteiger partial charge on any atom is 0.0908 e. The molecular weight excluding hydrogens is 146 g/mol. The molecule has 0 saturated heterocycles. The minimum atomic E-state index is 0.382. The molecule has 0 aliphatic heterocycles. The van der Waals surface area contributed by atoms with Crippen LogP contribution in [0.4, 0.5) is 0 Å². The summed E-state index contributed by atoms with van der Waals surface area (Å²) in [5, 5.41) is 8.43. The minimum absolute atomic E-state index is 0.382. The van der Waals surface area contributed by atoms with Crippen LogP contribution in [-0.2, 0) is 0 Å². The van der Waals surface area contributed by atoms with Crippen LogP contribution in [0.2, 0.25) is 0 Å². The van der Waals surface area contributed by atoms with E-state index in [9.17, 15) is 0 Å². The molecule has 0 bridgehead atoms.